The Morgan fingerprint density at radius 2 is 1.82 bits per heavy atom. The third-order valence-corrected chi connectivity index (χ3v) is 3.92. The monoisotopic (exact) mass is 300 g/mol. The number of nitrogens with two attached hydrogens (primary N) is 1. The zero-order valence-corrected chi connectivity index (χ0v) is 12.4. The summed E-state index contributed by atoms with van der Waals surface area (Å²) in [5.41, 5.74) is 5.59. The number of carbonyl (C=O) groups excluding carboxylic acids is 2. The second-order valence-electron chi connectivity index (χ2n) is 5.60. The molecular formula is C16H20N4O2. The van der Waals surface area contributed by atoms with E-state index in [0.717, 1.165) is 24.9 Å². The Kier molecular flexibility index (Phi) is 4.99. The first-order chi connectivity index (χ1) is 10.5. The highest BCUT2D eigenvalue weighted by atomic mass is 16.2. The number of nitrogens with one attached hydrogen (secondary N) is 2. The SMILES string of the molecule is N#CC1(NC(=O)CNc2ccc(C(N)=O)cc2)CCCCC1. The molecule has 0 aliphatic heterocycles. The lowest BCUT2D eigenvalue weighted by Crippen LogP contribution is -2.50. The van der Waals surface area contributed by atoms with Crippen molar-refractivity contribution < 1.29 is 9.59 Å². The maximum atomic E-state index is 12.0. The van der Waals surface area contributed by atoms with Crippen LogP contribution in [0, 0.1) is 11.3 Å². The van der Waals surface area contributed by atoms with Crippen molar-refractivity contribution in [2.24, 2.45) is 5.73 Å². The minimum absolute atomic E-state index is 0.0827. The van der Waals surface area contributed by atoms with Gasteiger partial charge in [0.25, 0.3) is 0 Å². The minimum atomic E-state index is -0.715. The molecule has 2 rings (SSSR count). The molecule has 4 N–H and O–H groups in total. The van der Waals surface area contributed by atoms with Crippen LogP contribution in [-0.4, -0.2) is 23.9 Å². The molecule has 0 bridgehead atoms. The van der Waals surface area contributed by atoms with Gasteiger partial charge in [-0.05, 0) is 37.1 Å². The number of nitriles is 1. The molecule has 0 spiro atoms. The number of rotatable bonds is 5. The molecule has 2 amide bonds. The summed E-state index contributed by atoms with van der Waals surface area (Å²) in [5.74, 6) is -0.694. The van der Waals surface area contributed by atoms with E-state index in [0.29, 0.717) is 18.4 Å². The van der Waals surface area contributed by atoms with E-state index >= 15 is 0 Å². The zero-order valence-electron chi connectivity index (χ0n) is 12.4. The number of primary amides is 1. The Bertz CT molecular complexity index is 583. The van der Waals surface area contributed by atoms with Crippen molar-refractivity contribution >= 4 is 17.5 Å². The smallest absolute Gasteiger partial charge is 0.248 e. The molecule has 1 aliphatic carbocycles. The number of carbonyl (C=O) groups is 2. The minimum Gasteiger partial charge on any atom is -0.376 e. The fourth-order valence-electron chi connectivity index (χ4n) is 2.67. The lowest BCUT2D eigenvalue weighted by molar-refractivity contribution is -0.121. The predicted octanol–water partition coefficient (Wildman–Crippen LogP) is 1.54. The van der Waals surface area contributed by atoms with E-state index < -0.39 is 11.4 Å². The largest absolute Gasteiger partial charge is 0.376 e. The van der Waals surface area contributed by atoms with E-state index in [1.807, 2.05) is 0 Å². The molecule has 0 unspecified atom stereocenters. The molecule has 116 valence electrons. The topological polar surface area (TPSA) is 108 Å². The van der Waals surface area contributed by atoms with Gasteiger partial charge >= 0.3 is 0 Å². The maximum absolute atomic E-state index is 12.0. The second-order valence-corrected chi connectivity index (χ2v) is 5.60. The second kappa shape index (κ2) is 6.94. The first-order valence-corrected chi connectivity index (χ1v) is 7.41. The van der Waals surface area contributed by atoms with Gasteiger partial charge < -0.3 is 16.4 Å². The number of amides is 2. The highest BCUT2D eigenvalue weighted by Gasteiger charge is 2.33. The first-order valence-electron chi connectivity index (χ1n) is 7.41. The van der Waals surface area contributed by atoms with E-state index in [1.165, 1.54) is 0 Å². The molecule has 0 saturated heterocycles. The van der Waals surface area contributed by atoms with Crippen molar-refractivity contribution in [1.82, 2.24) is 5.32 Å². The van der Waals surface area contributed by atoms with Gasteiger partial charge in [-0.25, -0.2) is 0 Å². The summed E-state index contributed by atoms with van der Waals surface area (Å²) in [6.45, 7) is 0.0827. The third-order valence-electron chi connectivity index (χ3n) is 3.92. The van der Waals surface area contributed by atoms with Gasteiger partial charge in [0.15, 0.2) is 0 Å². The molecule has 6 heteroatoms. The summed E-state index contributed by atoms with van der Waals surface area (Å²) in [5, 5.41) is 15.1. The Morgan fingerprint density at radius 3 is 2.36 bits per heavy atom. The summed E-state index contributed by atoms with van der Waals surface area (Å²) >= 11 is 0. The highest BCUT2D eigenvalue weighted by molar-refractivity contribution is 5.93. The molecule has 1 aliphatic rings. The molecule has 0 aromatic heterocycles. The maximum Gasteiger partial charge on any atom is 0.248 e. The number of anilines is 1. The zero-order chi connectivity index (χ0) is 16.0. The molecule has 6 nitrogen and oxygen atoms in total. The number of hydrogen-bond acceptors (Lipinski definition) is 4. The Labute approximate surface area is 129 Å². The van der Waals surface area contributed by atoms with Crippen molar-refractivity contribution in [3.63, 3.8) is 0 Å². The van der Waals surface area contributed by atoms with Crippen molar-refractivity contribution in [2.45, 2.75) is 37.6 Å². The summed E-state index contributed by atoms with van der Waals surface area (Å²) in [4.78, 5) is 23.0. The van der Waals surface area contributed by atoms with Crippen LogP contribution in [0.1, 0.15) is 42.5 Å². The molecular weight excluding hydrogens is 280 g/mol. The summed E-state index contributed by atoms with van der Waals surface area (Å²) in [6.07, 6.45) is 4.47. The van der Waals surface area contributed by atoms with Crippen molar-refractivity contribution in [1.29, 1.82) is 5.26 Å². The standard InChI is InChI=1S/C16H20N4O2/c17-11-16(8-2-1-3-9-16)20-14(21)10-19-13-6-4-12(5-7-13)15(18)22/h4-7,19H,1-3,8-10H2,(H2,18,22)(H,20,21). The molecule has 0 atom stereocenters. The third kappa shape index (κ3) is 3.98. The molecule has 1 aromatic rings. The lowest BCUT2D eigenvalue weighted by Gasteiger charge is -2.31. The number of benzene rings is 1. The molecule has 1 fully saturated rings. The summed E-state index contributed by atoms with van der Waals surface area (Å²) in [7, 11) is 0. The van der Waals surface area contributed by atoms with Crippen molar-refractivity contribution in [2.75, 3.05) is 11.9 Å². The molecule has 1 saturated carbocycles. The van der Waals surface area contributed by atoms with Crippen LogP contribution < -0.4 is 16.4 Å². The van der Waals surface area contributed by atoms with Crippen molar-refractivity contribution in [3.05, 3.63) is 29.8 Å². The van der Waals surface area contributed by atoms with Crippen LogP contribution in [0.5, 0.6) is 0 Å². The van der Waals surface area contributed by atoms with E-state index in [1.54, 1.807) is 24.3 Å². The summed E-state index contributed by atoms with van der Waals surface area (Å²) in [6, 6.07) is 8.83. The quantitative estimate of drug-likeness (QED) is 0.766. The average Bonchev–Trinajstić information content (AvgIpc) is 2.54. The van der Waals surface area contributed by atoms with Crippen LogP contribution in [0.15, 0.2) is 24.3 Å². The molecule has 1 aromatic carbocycles. The fraction of sp³-hybridized carbons (Fsp3) is 0.438. The van der Waals surface area contributed by atoms with Gasteiger partial charge in [-0.1, -0.05) is 19.3 Å². The van der Waals surface area contributed by atoms with E-state index in [4.69, 9.17) is 5.73 Å². The van der Waals surface area contributed by atoms with Crippen LogP contribution in [0.3, 0.4) is 0 Å². The summed E-state index contributed by atoms with van der Waals surface area (Å²) < 4.78 is 0. The van der Waals surface area contributed by atoms with Crippen LogP contribution in [0.2, 0.25) is 0 Å². The van der Waals surface area contributed by atoms with Crippen molar-refractivity contribution in [3.8, 4) is 6.07 Å². The van der Waals surface area contributed by atoms with E-state index in [2.05, 4.69) is 16.7 Å². The number of nitrogens with zero attached hydrogens (tertiary/aromatic N) is 1. The van der Waals surface area contributed by atoms with Gasteiger partial charge in [0.2, 0.25) is 11.8 Å². The average molecular weight is 300 g/mol. The van der Waals surface area contributed by atoms with Gasteiger partial charge in [0.1, 0.15) is 5.54 Å². The van der Waals surface area contributed by atoms with E-state index in [-0.39, 0.29) is 12.5 Å². The Hall–Kier alpha value is -2.55. The van der Waals surface area contributed by atoms with Crippen LogP contribution in [0.25, 0.3) is 0 Å². The van der Waals surface area contributed by atoms with Gasteiger partial charge in [-0.2, -0.15) is 5.26 Å². The Balaban J connectivity index is 1.87. The van der Waals surface area contributed by atoms with Crippen LogP contribution in [0.4, 0.5) is 5.69 Å². The Morgan fingerprint density at radius 1 is 1.18 bits per heavy atom. The van der Waals surface area contributed by atoms with Gasteiger partial charge in [0.05, 0.1) is 12.6 Å². The first kappa shape index (κ1) is 15.8. The molecule has 22 heavy (non-hydrogen) atoms. The van der Waals surface area contributed by atoms with Gasteiger partial charge in [0, 0.05) is 11.3 Å². The van der Waals surface area contributed by atoms with Crippen LogP contribution in [-0.2, 0) is 4.79 Å². The van der Waals surface area contributed by atoms with E-state index in [9.17, 15) is 14.9 Å². The highest BCUT2D eigenvalue weighted by Crippen LogP contribution is 2.27. The van der Waals surface area contributed by atoms with Crippen LogP contribution >= 0.6 is 0 Å². The van der Waals surface area contributed by atoms with Gasteiger partial charge in [-0.3, -0.25) is 9.59 Å². The molecule has 0 heterocycles. The van der Waals surface area contributed by atoms with Gasteiger partial charge in [-0.15, -0.1) is 0 Å². The predicted molar refractivity (Wildman–Crippen MR) is 83.0 cm³/mol. The lowest BCUT2D eigenvalue weighted by atomic mass is 9.83. The normalized spacial score (nSPS) is 16.3. The molecule has 0 radical (unpaired) electrons. The number of hydrogen-bond donors (Lipinski definition) is 3. The fourth-order valence-corrected chi connectivity index (χ4v) is 2.67.